The van der Waals surface area contributed by atoms with E-state index in [1.165, 1.54) is 12.5 Å². The monoisotopic (exact) mass is 527 g/mol. The van der Waals surface area contributed by atoms with Gasteiger partial charge in [0, 0.05) is 24.7 Å². The number of carboxylic acids is 3. The maximum atomic E-state index is 12.9. The first-order valence-electron chi connectivity index (χ1n) is 11.4. The van der Waals surface area contributed by atoms with Crippen molar-refractivity contribution < 1.29 is 44.1 Å². The number of H-pyrrole nitrogens is 1. The number of unbranched alkanes of at least 4 members (excludes halogenated alkanes) is 1. The van der Waals surface area contributed by atoms with Gasteiger partial charge in [0.05, 0.1) is 18.8 Å². The molecule has 0 radical (unpaired) electrons. The molecule has 206 valence electrons. The van der Waals surface area contributed by atoms with E-state index in [1.54, 1.807) is 0 Å². The molecule has 0 aliphatic carbocycles. The molecule has 1 aromatic heterocycles. The number of carbonyl (C=O) groups excluding carboxylic acids is 3. The summed E-state index contributed by atoms with van der Waals surface area (Å²) in [6, 6.07) is -5.66. The van der Waals surface area contributed by atoms with E-state index in [0.717, 1.165) is 0 Å². The summed E-state index contributed by atoms with van der Waals surface area (Å²) in [5.41, 5.74) is 11.8. The summed E-state index contributed by atoms with van der Waals surface area (Å²) in [5.74, 6) is -7.01. The number of nitrogens with one attached hydrogen (secondary N) is 4. The van der Waals surface area contributed by atoms with Crippen LogP contribution in [0.3, 0.4) is 0 Å². The third-order valence-corrected chi connectivity index (χ3v) is 5.18. The van der Waals surface area contributed by atoms with Gasteiger partial charge in [-0.15, -0.1) is 0 Å². The molecule has 11 N–H and O–H groups in total. The molecule has 4 unspecified atom stereocenters. The first kappa shape index (κ1) is 31.0. The highest BCUT2D eigenvalue weighted by atomic mass is 16.4. The first-order valence-corrected chi connectivity index (χ1v) is 11.4. The van der Waals surface area contributed by atoms with Crippen LogP contribution in [0.4, 0.5) is 0 Å². The number of amides is 3. The molecule has 0 aliphatic heterocycles. The van der Waals surface area contributed by atoms with Crippen LogP contribution in [0.2, 0.25) is 0 Å². The zero-order chi connectivity index (χ0) is 28.0. The molecule has 3 amide bonds. The Kier molecular flexibility index (Phi) is 13.3. The standard InChI is InChI=1S/C21H33N7O9/c22-6-2-1-3-14(21(36)37)27-20(35)15(8-17(31)32)28-19(34)13(4-5-16(29)30)26-18(33)12(23)7-11-9-24-10-25-11/h9-10,12-15H,1-8,22-23H2,(H,24,25)(H,26,33)(H,27,35)(H,28,34)(H,29,30)(H,31,32)(H,36,37). The average Bonchev–Trinajstić information content (AvgIpc) is 3.32. The number of aliphatic carboxylic acids is 3. The quantitative estimate of drug-likeness (QED) is 0.0881. The van der Waals surface area contributed by atoms with Crippen molar-refractivity contribution in [2.45, 2.75) is 69.1 Å². The Hall–Kier alpha value is -4.05. The van der Waals surface area contributed by atoms with Gasteiger partial charge in [-0.2, -0.15) is 0 Å². The van der Waals surface area contributed by atoms with Crippen LogP contribution in [0.5, 0.6) is 0 Å². The Bertz CT molecular complexity index is 939. The summed E-state index contributed by atoms with van der Waals surface area (Å²) >= 11 is 0. The smallest absolute Gasteiger partial charge is 0.326 e. The third-order valence-electron chi connectivity index (χ3n) is 5.18. The van der Waals surface area contributed by atoms with Gasteiger partial charge in [-0.1, -0.05) is 0 Å². The summed E-state index contributed by atoms with van der Waals surface area (Å²) < 4.78 is 0. The predicted octanol–water partition coefficient (Wildman–Crippen LogP) is -2.71. The minimum absolute atomic E-state index is 0.0253. The Morgan fingerprint density at radius 1 is 0.865 bits per heavy atom. The fourth-order valence-corrected chi connectivity index (χ4v) is 3.22. The Balaban J connectivity index is 2.96. The highest BCUT2D eigenvalue weighted by Crippen LogP contribution is 2.06. The number of hydrogen-bond donors (Lipinski definition) is 9. The van der Waals surface area contributed by atoms with Crippen molar-refractivity contribution in [3.63, 3.8) is 0 Å². The minimum Gasteiger partial charge on any atom is -0.481 e. The zero-order valence-corrected chi connectivity index (χ0v) is 20.0. The number of hydrogen-bond acceptors (Lipinski definition) is 9. The van der Waals surface area contributed by atoms with Crippen molar-refractivity contribution in [1.29, 1.82) is 0 Å². The number of imidazole rings is 1. The van der Waals surface area contributed by atoms with Gasteiger partial charge in [0.25, 0.3) is 0 Å². The lowest BCUT2D eigenvalue weighted by atomic mass is 10.1. The van der Waals surface area contributed by atoms with Crippen molar-refractivity contribution in [2.24, 2.45) is 11.5 Å². The number of nitrogens with two attached hydrogens (primary N) is 2. The number of rotatable bonds is 18. The molecular formula is C21H33N7O9. The maximum absolute atomic E-state index is 12.9. The van der Waals surface area contributed by atoms with Gasteiger partial charge >= 0.3 is 17.9 Å². The number of carboxylic acid groups (broad SMARTS) is 3. The second-order valence-corrected chi connectivity index (χ2v) is 8.22. The highest BCUT2D eigenvalue weighted by molar-refractivity contribution is 5.95. The van der Waals surface area contributed by atoms with Crippen LogP contribution in [-0.4, -0.2) is 91.6 Å². The minimum atomic E-state index is -1.70. The first-order chi connectivity index (χ1) is 17.4. The lowest BCUT2D eigenvalue weighted by Gasteiger charge is -2.24. The normalized spacial score (nSPS) is 14.0. The summed E-state index contributed by atoms with van der Waals surface area (Å²) in [4.78, 5) is 78.5. The van der Waals surface area contributed by atoms with Crippen LogP contribution < -0.4 is 27.4 Å². The molecule has 37 heavy (non-hydrogen) atoms. The van der Waals surface area contributed by atoms with E-state index < -0.39 is 72.6 Å². The fourth-order valence-electron chi connectivity index (χ4n) is 3.22. The van der Waals surface area contributed by atoms with Gasteiger partial charge in [0.15, 0.2) is 0 Å². The van der Waals surface area contributed by atoms with Crippen LogP contribution in [-0.2, 0) is 35.2 Å². The molecular weight excluding hydrogens is 494 g/mol. The lowest BCUT2D eigenvalue weighted by molar-refractivity contribution is -0.143. The lowest BCUT2D eigenvalue weighted by Crippen LogP contribution is -2.57. The van der Waals surface area contributed by atoms with Crippen molar-refractivity contribution in [2.75, 3.05) is 6.54 Å². The van der Waals surface area contributed by atoms with Crippen molar-refractivity contribution in [1.82, 2.24) is 25.9 Å². The van der Waals surface area contributed by atoms with Crippen LogP contribution in [0.15, 0.2) is 12.5 Å². The number of nitrogens with zero attached hydrogens (tertiary/aromatic N) is 1. The van der Waals surface area contributed by atoms with Gasteiger partial charge < -0.3 is 47.7 Å². The zero-order valence-electron chi connectivity index (χ0n) is 20.0. The van der Waals surface area contributed by atoms with Crippen LogP contribution >= 0.6 is 0 Å². The van der Waals surface area contributed by atoms with E-state index in [1.807, 2.05) is 0 Å². The largest absolute Gasteiger partial charge is 0.481 e. The van der Waals surface area contributed by atoms with Crippen molar-refractivity contribution >= 4 is 35.6 Å². The molecule has 0 spiro atoms. The molecule has 0 fully saturated rings. The van der Waals surface area contributed by atoms with Crippen molar-refractivity contribution in [3.8, 4) is 0 Å². The predicted molar refractivity (Wildman–Crippen MR) is 126 cm³/mol. The van der Waals surface area contributed by atoms with E-state index in [-0.39, 0.29) is 19.3 Å². The average molecular weight is 528 g/mol. The van der Waals surface area contributed by atoms with Gasteiger partial charge in [0.2, 0.25) is 17.7 Å². The highest BCUT2D eigenvalue weighted by Gasteiger charge is 2.31. The van der Waals surface area contributed by atoms with E-state index >= 15 is 0 Å². The van der Waals surface area contributed by atoms with Gasteiger partial charge in [0.1, 0.15) is 18.1 Å². The van der Waals surface area contributed by atoms with E-state index in [9.17, 15) is 39.0 Å². The number of aromatic amines is 1. The SMILES string of the molecule is NCCCCC(NC(=O)C(CC(=O)O)NC(=O)C(CCC(=O)O)NC(=O)C(N)Cc1cnc[nH]1)C(=O)O. The second kappa shape index (κ2) is 15.8. The molecule has 0 bridgehead atoms. The van der Waals surface area contributed by atoms with Crippen molar-refractivity contribution in [3.05, 3.63) is 18.2 Å². The molecule has 1 heterocycles. The van der Waals surface area contributed by atoms with E-state index in [0.29, 0.717) is 25.1 Å². The van der Waals surface area contributed by atoms with E-state index in [2.05, 4.69) is 25.9 Å². The Labute approximate surface area is 211 Å². The van der Waals surface area contributed by atoms with Gasteiger partial charge in [-0.3, -0.25) is 24.0 Å². The summed E-state index contributed by atoms with van der Waals surface area (Å²) in [6.45, 7) is 0.312. The van der Waals surface area contributed by atoms with Gasteiger partial charge in [-0.05, 0) is 32.2 Å². The molecule has 1 rings (SSSR count). The maximum Gasteiger partial charge on any atom is 0.326 e. The molecule has 0 aliphatic rings. The Morgan fingerprint density at radius 3 is 2.03 bits per heavy atom. The third kappa shape index (κ3) is 12.0. The number of aromatic nitrogens is 2. The Morgan fingerprint density at radius 2 is 1.49 bits per heavy atom. The van der Waals surface area contributed by atoms with Crippen LogP contribution in [0.1, 0.15) is 44.2 Å². The molecule has 16 nitrogen and oxygen atoms in total. The molecule has 0 saturated carbocycles. The molecule has 4 atom stereocenters. The van der Waals surface area contributed by atoms with E-state index in [4.69, 9.17) is 16.6 Å². The van der Waals surface area contributed by atoms with Gasteiger partial charge in [-0.25, -0.2) is 9.78 Å². The number of carbonyl (C=O) groups is 6. The second-order valence-electron chi connectivity index (χ2n) is 8.22. The molecule has 16 heteroatoms. The summed E-state index contributed by atoms with van der Waals surface area (Å²) in [5, 5.41) is 34.2. The summed E-state index contributed by atoms with van der Waals surface area (Å²) in [7, 11) is 0. The summed E-state index contributed by atoms with van der Waals surface area (Å²) in [6.07, 6.45) is 1.94. The molecule has 1 aromatic rings. The van der Waals surface area contributed by atoms with Crippen LogP contribution in [0, 0.1) is 0 Å². The van der Waals surface area contributed by atoms with Crippen LogP contribution in [0.25, 0.3) is 0 Å². The topological polar surface area (TPSA) is 280 Å². The molecule has 0 aromatic carbocycles. The molecule has 0 saturated heterocycles. The fraction of sp³-hybridized carbons (Fsp3) is 0.571.